The number of nitrogens with zero attached hydrogens (tertiary/aromatic N) is 2. The lowest BCUT2D eigenvalue weighted by Gasteiger charge is -2.25. The molecule has 1 aromatic heterocycles. The predicted molar refractivity (Wildman–Crippen MR) is 135 cm³/mol. The van der Waals surface area contributed by atoms with Gasteiger partial charge in [-0.25, -0.2) is 23.3 Å². The van der Waals surface area contributed by atoms with Gasteiger partial charge in [-0.05, 0) is 41.3 Å². The van der Waals surface area contributed by atoms with Crippen LogP contribution in [-0.2, 0) is 21.4 Å². The summed E-state index contributed by atoms with van der Waals surface area (Å²) in [5.41, 5.74) is 2.52. The molecule has 3 aromatic rings. The number of rotatable bonds is 8. The van der Waals surface area contributed by atoms with E-state index in [1.54, 1.807) is 49.2 Å². The Morgan fingerprint density at radius 1 is 1.11 bits per heavy atom. The highest BCUT2D eigenvalue weighted by Crippen LogP contribution is 2.24. The van der Waals surface area contributed by atoms with Crippen LogP contribution in [0.4, 0.5) is 19.3 Å². The second-order valence-corrected chi connectivity index (χ2v) is 11.8. The van der Waals surface area contributed by atoms with Gasteiger partial charge in [-0.1, -0.05) is 20.8 Å². The molecule has 0 saturated heterocycles. The number of amides is 3. The minimum absolute atomic E-state index is 0.0579. The normalized spacial score (nSPS) is 12.8. The molecular formula is C23H27F2N5O4S2. The van der Waals surface area contributed by atoms with E-state index in [1.807, 2.05) is 0 Å². The number of fused-ring (bicyclic) bond motifs is 1. The number of nitrogens with one attached hydrogen (secondary N) is 3. The molecule has 3 amide bonds. The Bertz CT molecular complexity index is 1350. The van der Waals surface area contributed by atoms with E-state index in [2.05, 4.69) is 15.0 Å². The average Bonchev–Trinajstić information content (AvgIpc) is 3.23. The Balaban J connectivity index is 1.82. The van der Waals surface area contributed by atoms with Crippen LogP contribution in [0.1, 0.15) is 26.3 Å². The van der Waals surface area contributed by atoms with Gasteiger partial charge in [-0.3, -0.25) is 4.79 Å². The largest absolute Gasteiger partial charge is 0.330 e. The summed E-state index contributed by atoms with van der Waals surface area (Å²) in [5.74, 6) is -2.33. The zero-order valence-corrected chi connectivity index (χ0v) is 21.8. The summed E-state index contributed by atoms with van der Waals surface area (Å²) in [6, 6.07) is 5.40. The minimum atomic E-state index is -4.23. The van der Waals surface area contributed by atoms with Crippen LogP contribution in [0.3, 0.4) is 0 Å². The van der Waals surface area contributed by atoms with Crippen molar-refractivity contribution in [2.75, 3.05) is 18.5 Å². The van der Waals surface area contributed by atoms with E-state index in [-0.39, 0.29) is 23.9 Å². The number of thiazole rings is 1. The van der Waals surface area contributed by atoms with Gasteiger partial charge in [0.25, 0.3) is 0 Å². The summed E-state index contributed by atoms with van der Waals surface area (Å²) < 4.78 is 57.0. The van der Waals surface area contributed by atoms with Crippen molar-refractivity contribution in [1.29, 1.82) is 0 Å². The zero-order valence-electron chi connectivity index (χ0n) is 20.1. The highest BCUT2D eigenvalue weighted by Gasteiger charge is 2.28. The molecule has 0 saturated carbocycles. The molecule has 1 atom stereocenters. The van der Waals surface area contributed by atoms with Crippen molar-refractivity contribution in [2.45, 2.75) is 33.2 Å². The summed E-state index contributed by atoms with van der Waals surface area (Å²) in [6.45, 7) is 5.48. The molecule has 0 radical (unpaired) electrons. The van der Waals surface area contributed by atoms with Crippen molar-refractivity contribution in [3.8, 4) is 0 Å². The molecule has 194 valence electrons. The average molecular weight is 540 g/mol. The number of aromatic nitrogens is 1. The lowest BCUT2D eigenvalue weighted by molar-refractivity contribution is -0.120. The molecule has 0 aliphatic heterocycles. The van der Waals surface area contributed by atoms with Gasteiger partial charge in [0.15, 0.2) is 0 Å². The van der Waals surface area contributed by atoms with Crippen molar-refractivity contribution < 1.29 is 26.8 Å². The number of likely N-dealkylation sites (N-methyl/N-ethyl adjacent to an activating group) is 1. The van der Waals surface area contributed by atoms with Gasteiger partial charge in [-0.15, -0.1) is 11.3 Å². The number of halogens is 2. The summed E-state index contributed by atoms with van der Waals surface area (Å²) in [4.78, 5) is 31.4. The first-order valence-electron chi connectivity index (χ1n) is 10.9. The van der Waals surface area contributed by atoms with Crippen molar-refractivity contribution >= 4 is 49.4 Å². The highest BCUT2D eigenvalue weighted by atomic mass is 32.2. The van der Waals surface area contributed by atoms with Crippen LogP contribution in [0.2, 0.25) is 0 Å². The van der Waals surface area contributed by atoms with Crippen LogP contribution in [0.25, 0.3) is 10.2 Å². The standard InChI is InChI=1S/C23H27F2N5O4S2/c1-23(2,3)12-27-36(33,34)29-22(32)28-19(9-14-7-15(24)10-16(25)8-14)21(31)30(4)17-5-6-20-18(11-17)26-13-35-20/h5-8,10-11,13,19,27H,9,12H2,1-4H3,(H2,28,29,32)/t19-/m0/s1. The van der Waals surface area contributed by atoms with Gasteiger partial charge < -0.3 is 10.2 Å². The second kappa shape index (κ2) is 10.8. The van der Waals surface area contributed by atoms with E-state index >= 15 is 0 Å². The lowest BCUT2D eigenvalue weighted by atomic mass is 9.98. The number of hydrogen-bond acceptors (Lipinski definition) is 6. The SMILES string of the molecule is CN(C(=O)[C@H](Cc1cc(F)cc(F)c1)NC(=O)NS(=O)(=O)NCC(C)(C)C)c1ccc2scnc2c1. The fourth-order valence-corrected chi connectivity index (χ4v) is 4.89. The first-order chi connectivity index (χ1) is 16.7. The Hall–Kier alpha value is -3.16. The Morgan fingerprint density at radius 2 is 1.78 bits per heavy atom. The van der Waals surface area contributed by atoms with Crippen LogP contribution >= 0.6 is 11.3 Å². The van der Waals surface area contributed by atoms with Gasteiger partial charge in [0.1, 0.15) is 17.7 Å². The maximum Gasteiger partial charge on any atom is 0.330 e. The molecule has 0 aliphatic carbocycles. The zero-order chi connectivity index (χ0) is 26.7. The van der Waals surface area contributed by atoms with Crippen molar-refractivity contribution in [1.82, 2.24) is 19.7 Å². The molecule has 3 rings (SSSR count). The van der Waals surface area contributed by atoms with Gasteiger partial charge in [0.2, 0.25) is 5.91 Å². The van der Waals surface area contributed by atoms with Crippen molar-refractivity contribution in [2.24, 2.45) is 5.41 Å². The topological polar surface area (TPSA) is 121 Å². The molecule has 0 unspecified atom stereocenters. The minimum Gasteiger partial charge on any atom is -0.325 e. The van der Waals surface area contributed by atoms with Gasteiger partial charge >= 0.3 is 16.2 Å². The summed E-state index contributed by atoms with van der Waals surface area (Å²) in [7, 11) is -2.76. The predicted octanol–water partition coefficient (Wildman–Crippen LogP) is 3.33. The second-order valence-electron chi connectivity index (χ2n) is 9.40. The van der Waals surface area contributed by atoms with E-state index in [4.69, 9.17) is 0 Å². The van der Waals surface area contributed by atoms with Gasteiger partial charge in [0, 0.05) is 31.8 Å². The van der Waals surface area contributed by atoms with Crippen LogP contribution in [-0.4, -0.2) is 45.0 Å². The quantitative estimate of drug-likeness (QED) is 0.406. The monoisotopic (exact) mass is 539 g/mol. The number of anilines is 1. The van der Waals surface area contributed by atoms with Crippen molar-refractivity contribution in [3.63, 3.8) is 0 Å². The van der Waals surface area contributed by atoms with E-state index in [1.165, 1.54) is 23.3 Å². The summed E-state index contributed by atoms with van der Waals surface area (Å²) in [5, 5.41) is 2.32. The molecular weight excluding hydrogens is 512 g/mol. The fourth-order valence-electron chi connectivity index (χ4n) is 3.24. The number of urea groups is 1. The molecule has 3 N–H and O–H groups in total. The Labute approximate surface area is 212 Å². The summed E-state index contributed by atoms with van der Waals surface area (Å²) >= 11 is 1.43. The Kier molecular flexibility index (Phi) is 8.26. The molecule has 36 heavy (non-hydrogen) atoms. The van der Waals surface area contributed by atoms with Crippen LogP contribution < -0.4 is 19.7 Å². The molecule has 0 spiro atoms. The molecule has 9 nitrogen and oxygen atoms in total. The highest BCUT2D eigenvalue weighted by molar-refractivity contribution is 7.88. The van der Waals surface area contributed by atoms with Gasteiger partial charge in [0.05, 0.1) is 15.7 Å². The third-order valence-electron chi connectivity index (χ3n) is 5.02. The molecule has 13 heteroatoms. The number of benzene rings is 2. The van der Waals surface area contributed by atoms with Crippen molar-refractivity contribution in [3.05, 3.63) is 59.1 Å². The molecule has 0 bridgehead atoms. The Morgan fingerprint density at radius 3 is 2.42 bits per heavy atom. The van der Waals surface area contributed by atoms with E-state index in [0.717, 1.165) is 16.8 Å². The molecule has 2 aromatic carbocycles. The maximum atomic E-state index is 13.8. The van der Waals surface area contributed by atoms with Crippen LogP contribution in [0, 0.1) is 17.0 Å². The fraction of sp³-hybridized carbons (Fsp3) is 0.348. The molecule has 1 heterocycles. The summed E-state index contributed by atoms with van der Waals surface area (Å²) in [6.07, 6.45) is -0.292. The van der Waals surface area contributed by atoms with Gasteiger partial charge in [-0.2, -0.15) is 13.1 Å². The van der Waals surface area contributed by atoms with Crippen LogP contribution in [0.5, 0.6) is 0 Å². The first kappa shape index (κ1) is 27.4. The number of carbonyl (C=O) groups is 2. The van der Waals surface area contributed by atoms with E-state index in [9.17, 15) is 26.8 Å². The van der Waals surface area contributed by atoms with Crippen LogP contribution in [0.15, 0.2) is 41.9 Å². The first-order valence-corrected chi connectivity index (χ1v) is 13.2. The van der Waals surface area contributed by atoms with E-state index in [0.29, 0.717) is 17.3 Å². The molecule has 0 aliphatic rings. The lowest BCUT2D eigenvalue weighted by Crippen LogP contribution is -2.54. The maximum absolute atomic E-state index is 13.8. The number of carbonyl (C=O) groups excluding carboxylic acids is 2. The number of hydrogen-bond donors (Lipinski definition) is 3. The third kappa shape index (κ3) is 7.67. The van der Waals surface area contributed by atoms with E-state index < -0.39 is 39.8 Å². The molecule has 0 fully saturated rings. The third-order valence-corrected chi connectivity index (χ3v) is 6.81. The smallest absolute Gasteiger partial charge is 0.325 e.